The summed E-state index contributed by atoms with van der Waals surface area (Å²) in [6, 6.07) is 4.46. The fraction of sp³-hybridized carbons (Fsp3) is 0.500. The Morgan fingerprint density at radius 3 is 2.67 bits per heavy atom. The standard InChI is InChI=1S/C12H15BrN2O3/c13-10-7-9(15(16)17)3-4-11(10)18-8-12(14)5-1-2-6-12/h3-4,7H,1-2,5-6,8,14H2. The lowest BCUT2D eigenvalue weighted by molar-refractivity contribution is -0.385. The topological polar surface area (TPSA) is 78.4 Å². The smallest absolute Gasteiger partial charge is 0.270 e. The molecule has 0 atom stereocenters. The van der Waals surface area contributed by atoms with E-state index in [-0.39, 0.29) is 11.2 Å². The number of benzene rings is 1. The fourth-order valence-corrected chi connectivity index (χ4v) is 2.65. The molecule has 1 aromatic carbocycles. The van der Waals surface area contributed by atoms with E-state index in [0.717, 1.165) is 25.7 Å². The van der Waals surface area contributed by atoms with Gasteiger partial charge in [0.1, 0.15) is 12.4 Å². The van der Waals surface area contributed by atoms with Gasteiger partial charge in [-0.1, -0.05) is 12.8 Å². The van der Waals surface area contributed by atoms with Gasteiger partial charge in [-0.3, -0.25) is 10.1 Å². The lowest BCUT2D eigenvalue weighted by atomic mass is 10.0. The van der Waals surface area contributed by atoms with Crippen molar-refractivity contribution in [2.75, 3.05) is 6.61 Å². The number of nitrogens with zero attached hydrogens (tertiary/aromatic N) is 1. The van der Waals surface area contributed by atoms with Gasteiger partial charge in [0.25, 0.3) is 5.69 Å². The van der Waals surface area contributed by atoms with Gasteiger partial charge in [0.05, 0.1) is 14.9 Å². The van der Waals surface area contributed by atoms with Crippen molar-refractivity contribution in [1.82, 2.24) is 0 Å². The summed E-state index contributed by atoms with van der Waals surface area (Å²) in [7, 11) is 0. The molecule has 1 aliphatic carbocycles. The molecule has 0 amide bonds. The number of nitro benzene ring substituents is 1. The first-order valence-corrected chi connectivity index (χ1v) is 6.65. The lowest BCUT2D eigenvalue weighted by Gasteiger charge is -2.23. The molecule has 98 valence electrons. The summed E-state index contributed by atoms with van der Waals surface area (Å²) in [5, 5.41) is 10.6. The van der Waals surface area contributed by atoms with Crippen LogP contribution in [-0.4, -0.2) is 17.1 Å². The summed E-state index contributed by atoms with van der Waals surface area (Å²) in [6.45, 7) is 0.448. The molecular formula is C12H15BrN2O3. The van der Waals surface area contributed by atoms with Crippen molar-refractivity contribution in [3.8, 4) is 5.75 Å². The average Bonchev–Trinajstić information content (AvgIpc) is 2.75. The van der Waals surface area contributed by atoms with Crippen LogP contribution in [0.1, 0.15) is 25.7 Å². The summed E-state index contributed by atoms with van der Waals surface area (Å²) in [4.78, 5) is 10.2. The van der Waals surface area contributed by atoms with E-state index in [2.05, 4.69) is 15.9 Å². The molecule has 0 aliphatic heterocycles. The summed E-state index contributed by atoms with van der Waals surface area (Å²) < 4.78 is 6.25. The molecule has 0 heterocycles. The number of non-ortho nitro benzene ring substituents is 1. The van der Waals surface area contributed by atoms with Crippen LogP contribution in [0.2, 0.25) is 0 Å². The molecule has 0 radical (unpaired) electrons. The summed E-state index contributed by atoms with van der Waals surface area (Å²) in [6.07, 6.45) is 4.22. The number of hydrogen-bond acceptors (Lipinski definition) is 4. The molecule has 5 nitrogen and oxygen atoms in total. The maximum atomic E-state index is 10.6. The summed E-state index contributed by atoms with van der Waals surface area (Å²) >= 11 is 3.27. The monoisotopic (exact) mass is 314 g/mol. The van der Waals surface area contributed by atoms with E-state index in [1.807, 2.05) is 0 Å². The zero-order valence-corrected chi connectivity index (χ0v) is 11.5. The SMILES string of the molecule is NC1(COc2ccc([N+](=O)[O-])cc2Br)CCCC1. The number of halogens is 1. The molecular weight excluding hydrogens is 300 g/mol. The van der Waals surface area contributed by atoms with Gasteiger partial charge >= 0.3 is 0 Å². The molecule has 0 aromatic heterocycles. The summed E-state index contributed by atoms with van der Waals surface area (Å²) in [5.41, 5.74) is 5.98. The van der Waals surface area contributed by atoms with Gasteiger partial charge < -0.3 is 10.5 Å². The molecule has 0 unspecified atom stereocenters. The highest BCUT2D eigenvalue weighted by Crippen LogP contribution is 2.32. The zero-order valence-electron chi connectivity index (χ0n) is 9.89. The van der Waals surface area contributed by atoms with Crippen LogP contribution in [0.15, 0.2) is 22.7 Å². The van der Waals surface area contributed by atoms with Crippen LogP contribution >= 0.6 is 15.9 Å². The van der Waals surface area contributed by atoms with Crippen LogP contribution in [0.5, 0.6) is 5.75 Å². The van der Waals surface area contributed by atoms with Gasteiger partial charge in [-0.05, 0) is 34.8 Å². The molecule has 0 spiro atoms. The first-order chi connectivity index (χ1) is 8.50. The largest absolute Gasteiger partial charge is 0.490 e. The van der Waals surface area contributed by atoms with Crippen LogP contribution in [-0.2, 0) is 0 Å². The lowest BCUT2D eigenvalue weighted by Crippen LogP contribution is -2.42. The number of ether oxygens (including phenoxy) is 1. The van der Waals surface area contributed by atoms with Crippen molar-refractivity contribution in [3.05, 3.63) is 32.8 Å². The molecule has 0 saturated heterocycles. The van der Waals surface area contributed by atoms with E-state index >= 15 is 0 Å². The molecule has 6 heteroatoms. The van der Waals surface area contributed by atoms with Crippen LogP contribution in [0.3, 0.4) is 0 Å². The Balaban J connectivity index is 2.03. The summed E-state index contributed by atoms with van der Waals surface area (Å²) in [5.74, 6) is 0.595. The second kappa shape index (κ2) is 5.24. The Bertz CT molecular complexity index is 459. The van der Waals surface area contributed by atoms with Gasteiger partial charge in [0, 0.05) is 12.1 Å². The van der Waals surface area contributed by atoms with E-state index in [1.165, 1.54) is 12.1 Å². The van der Waals surface area contributed by atoms with Crippen LogP contribution in [0.4, 0.5) is 5.69 Å². The normalized spacial score (nSPS) is 17.7. The second-order valence-corrected chi connectivity index (χ2v) is 5.58. The predicted molar refractivity (Wildman–Crippen MR) is 71.7 cm³/mol. The van der Waals surface area contributed by atoms with E-state index in [4.69, 9.17) is 10.5 Å². The molecule has 1 aromatic rings. The van der Waals surface area contributed by atoms with Gasteiger partial charge in [-0.15, -0.1) is 0 Å². The van der Waals surface area contributed by atoms with Crippen molar-refractivity contribution in [3.63, 3.8) is 0 Å². The predicted octanol–water partition coefficient (Wildman–Crippen LogP) is 3.01. The van der Waals surface area contributed by atoms with E-state index < -0.39 is 4.92 Å². The Morgan fingerprint density at radius 2 is 2.11 bits per heavy atom. The second-order valence-electron chi connectivity index (χ2n) is 4.73. The maximum Gasteiger partial charge on any atom is 0.270 e. The number of hydrogen-bond donors (Lipinski definition) is 1. The molecule has 1 aliphatic rings. The Labute approximate surface area is 114 Å². The highest BCUT2D eigenvalue weighted by Gasteiger charge is 2.30. The van der Waals surface area contributed by atoms with Crippen LogP contribution < -0.4 is 10.5 Å². The molecule has 1 saturated carbocycles. The van der Waals surface area contributed by atoms with E-state index in [1.54, 1.807) is 6.07 Å². The zero-order chi connectivity index (χ0) is 13.2. The highest BCUT2D eigenvalue weighted by atomic mass is 79.9. The number of rotatable bonds is 4. The first-order valence-electron chi connectivity index (χ1n) is 5.86. The Hall–Kier alpha value is -1.14. The molecule has 2 rings (SSSR count). The van der Waals surface area contributed by atoms with Crippen molar-refractivity contribution < 1.29 is 9.66 Å². The van der Waals surface area contributed by atoms with E-state index in [0.29, 0.717) is 16.8 Å². The Kier molecular flexibility index (Phi) is 3.87. The quantitative estimate of drug-likeness (QED) is 0.684. The minimum Gasteiger partial charge on any atom is -0.490 e. The molecule has 0 bridgehead atoms. The van der Waals surface area contributed by atoms with Crippen molar-refractivity contribution in [2.24, 2.45) is 5.73 Å². The third kappa shape index (κ3) is 3.00. The van der Waals surface area contributed by atoms with Crippen molar-refractivity contribution in [1.29, 1.82) is 0 Å². The number of nitrogens with two attached hydrogens (primary N) is 1. The fourth-order valence-electron chi connectivity index (χ4n) is 2.17. The highest BCUT2D eigenvalue weighted by molar-refractivity contribution is 9.10. The van der Waals surface area contributed by atoms with Crippen molar-refractivity contribution in [2.45, 2.75) is 31.2 Å². The van der Waals surface area contributed by atoms with Gasteiger partial charge in [0.2, 0.25) is 0 Å². The van der Waals surface area contributed by atoms with E-state index in [9.17, 15) is 10.1 Å². The first kappa shape index (κ1) is 13.3. The average molecular weight is 315 g/mol. The maximum absolute atomic E-state index is 10.6. The van der Waals surface area contributed by atoms with Crippen molar-refractivity contribution >= 4 is 21.6 Å². The minimum atomic E-state index is -0.435. The molecule has 18 heavy (non-hydrogen) atoms. The molecule has 1 fully saturated rings. The van der Waals surface area contributed by atoms with Gasteiger partial charge in [-0.2, -0.15) is 0 Å². The van der Waals surface area contributed by atoms with Gasteiger partial charge in [0.15, 0.2) is 0 Å². The van der Waals surface area contributed by atoms with Crippen LogP contribution in [0.25, 0.3) is 0 Å². The van der Waals surface area contributed by atoms with Gasteiger partial charge in [-0.25, -0.2) is 0 Å². The third-order valence-electron chi connectivity index (χ3n) is 3.24. The third-order valence-corrected chi connectivity index (χ3v) is 3.86. The molecule has 2 N–H and O–H groups in total. The Morgan fingerprint density at radius 1 is 1.44 bits per heavy atom. The minimum absolute atomic E-state index is 0.0394. The van der Waals surface area contributed by atoms with Crippen LogP contribution in [0, 0.1) is 10.1 Å². The number of nitro groups is 1.